The second-order valence-corrected chi connectivity index (χ2v) is 3.44. The number of hydrogen-bond donors (Lipinski definition) is 1. The maximum atomic E-state index is 4.91. The monoisotopic (exact) mass is 201 g/mol. The molecule has 1 N–H and O–H groups in total. The number of nitrogens with zero attached hydrogens (tertiary/aromatic N) is 2. The zero-order valence-electron chi connectivity index (χ0n) is 8.04. The van der Waals surface area contributed by atoms with Gasteiger partial charge in [-0.15, -0.1) is 0 Å². The van der Waals surface area contributed by atoms with Crippen LogP contribution in [0.3, 0.4) is 0 Å². The first-order valence-electron chi connectivity index (χ1n) is 4.42. The van der Waals surface area contributed by atoms with Crippen LogP contribution in [-0.2, 0) is 11.2 Å². The van der Waals surface area contributed by atoms with Crippen LogP contribution in [0.1, 0.15) is 19.2 Å². The maximum absolute atomic E-state index is 4.91. The SMILES string of the molecule is CCCc1nsc(NCCOC)n1. The molecule has 5 heteroatoms. The van der Waals surface area contributed by atoms with Crippen LogP contribution in [0.15, 0.2) is 0 Å². The molecule has 74 valence electrons. The highest BCUT2D eigenvalue weighted by Gasteiger charge is 2.01. The van der Waals surface area contributed by atoms with Crippen molar-refractivity contribution < 1.29 is 4.74 Å². The lowest BCUT2D eigenvalue weighted by molar-refractivity contribution is 0.211. The topological polar surface area (TPSA) is 47.0 Å². The van der Waals surface area contributed by atoms with E-state index in [2.05, 4.69) is 21.6 Å². The lowest BCUT2D eigenvalue weighted by Crippen LogP contribution is -2.07. The number of methoxy groups -OCH3 is 1. The molecule has 1 aromatic rings. The van der Waals surface area contributed by atoms with E-state index < -0.39 is 0 Å². The van der Waals surface area contributed by atoms with Crippen LogP contribution in [0.25, 0.3) is 0 Å². The van der Waals surface area contributed by atoms with Gasteiger partial charge in [0, 0.05) is 31.6 Å². The molecule has 1 aromatic heterocycles. The third-order valence-electron chi connectivity index (χ3n) is 1.52. The standard InChI is InChI=1S/C8H15N3OS/c1-3-4-7-10-8(13-11-7)9-5-6-12-2/h3-6H2,1-2H3,(H,9,10,11). The fourth-order valence-electron chi connectivity index (χ4n) is 0.911. The molecule has 0 aliphatic rings. The van der Waals surface area contributed by atoms with Gasteiger partial charge in [0.25, 0.3) is 0 Å². The van der Waals surface area contributed by atoms with Crippen LogP contribution in [0.2, 0.25) is 0 Å². The van der Waals surface area contributed by atoms with Crippen molar-refractivity contribution in [1.29, 1.82) is 0 Å². The Hall–Kier alpha value is -0.680. The molecule has 0 aliphatic heterocycles. The van der Waals surface area contributed by atoms with Gasteiger partial charge < -0.3 is 10.1 Å². The van der Waals surface area contributed by atoms with Gasteiger partial charge in [0.05, 0.1) is 6.61 Å². The summed E-state index contributed by atoms with van der Waals surface area (Å²) in [5, 5.41) is 4.03. The van der Waals surface area contributed by atoms with E-state index in [9.17, 15) is 0 Å². The predicted octanol–water partition coefficient (Wildman–Crippen LogP) is 1.55. The number of rotatable bonds is 6. The number of hydrogen-bond acceptors (Lipinski definition) is 5. The summed E-state index contributed by atoms with van der Waals surface area (Å²) in [5.41, 5.74) is 0. The second-order valence-electron chi connectivity index (χ2n) is 2.69. The molecule has 0 saturated carbocycles. The molecule has 0 aromatic carbocycles. The van der Waals surface area contributed by atoms with Crippen molar-refractivity contribution in [2.24, 2.45) is 0 Å². The molecule has 0 fully saturated rings. The van der Waals surface area contributed by atoms with Gasteiger partial charge in [-0.1, -0.05) is 6.92 Å². The van der Waals surface area contributed by atoms with Crippen molar-refractivity contribution >= 4 is 16.7 Å². The first-order chi connectivity index (χ1) is 6.36. The van der Waals surface area contributed by atoms with E-state index in [4.69, 9.17) is 4.74 Å². The predicted molar refractivity (Wildman–Crippen MR) is 54.3 cm³/mol. The first-order valence-corrected chi connectivity index (χ1v) is 5.19. The van der Waals surface area contributed by atoms with Crippen molar-refractivity contribution in [3.8, 4) is 0 Å². The minimum atomic E-state index is 0.697. The molecule has 0 atom stereocenters. The average molecular weight is 201 g/mol. The van der Waals surface area contributed by atoms with Crippen LogP contribution in [0.5, 0.6) is 0 Å². The Balaban J connectivity index is 2.31. The number of aryl methyl sites for hydroxylation is 1. The molecule has 0 saturated heterocycles. The number of nitrogens with one attached hydrogen (secondary N) is 1. The van der Waals surface area contributed by atoms with Crippen LogP contribution >= 0.6 is 11.5 Å². The van der Waals surface area contributed by atoms with Crippen LogP contribution in [0.4, 0.5) is 5.13 Å². The Labute approximate surface area is 82.5 Å². The van der Waals surface area contributed by atoms with Gasteiger partial charge in [-0.3, -0.25) is 0 Å². The molecule has 1 rings (SSSR count). The largest absolute Gasteiger partial charge is 0.383 e. The molecule has 0 aliphatic carbocycles. The van der Waals surface area contributed by atoms with Gasteiger partial charge in [0.1, 0.15) is 5.82 Å². The molecule has 4 nitrogen and oxygen atoms in total. The van der Waals surface area contributed by atoms with E-state index in [1.54, 1.807) is 7.11 Å². The van der Waals surface area contributed by atoms with E-state index in [1.807, 2.05) is 0 Å². The van der Waals surface area contributed by atoms with Gasteiger partial charge in [0.15, 0.2) is 0 Å². The van der Waals surface area contributed by atoms with Crippen molar-refractivity contribution in [2.75, 3.05) is 25.6 Å². The average Bonchev–Trinajstić information content (AvgIpc) is 2.54. The van der Waals surface area contributed by atoms with Gasteiger partial charge >= 0.3 is 0 Å². The fraction of sp³-hybridized carbons (Fsp3) is 0.750. The van der Waals surface area contributed by atoms with E-state index in [0.29, 0.717) is 6.61 Å². The van der Waals surface area contributed by atoms with Crippen LogP contribution in [0, 0.1) is 0 Å². The molecular weight excluding hydrogens is 186 g/mol. The third-order valence-corrected chi connectivity index (χ3v) is 2.23. The Morgan fingerprint density at radius 1 is 1.54 bits per heavy atom. The highest BCUT2D eigenvalue weighted by molar-refractivity contribution is 7.09. The Kier molecular flexibility index (Phi) is 4.70. The third kappa shape index (κ3) is 3.69. The van der Waals surface area contributed by atoms with Gasteiger partial charge in [-0.05, 0) is 6.42 Å². The lowest BCUT2D eigenvalue weighted by Gasteiger charge is -1.98. The number of aromatic nitrogens is 2. The van der Waals surface area contributed by atoms with Gasteiger partial charge in [0.2, 0.25) is 5.13 Å². The molecule has 1 heterocycles. The van der Waals surface area contributed by atoms with Gasteiger partial charge in [-0.25, -0.2) is 4.98 Å². The summed E-state index contributed by atoms with van der Waals surface area (Å²) < 4.78 is 9.12. The minimum absolute atomic E-state index is 0.697. The first kappa shape index (κ1) is 10.4. The quantitative estimate of drug-likeness (QED) is 0.709. The second kappa shape index (κ2) is 5.88. The minimum Gasteiger partial charge on any atom is -0.383 e. The van der Waals surface area contributed by atoms with Crippen molar-refractivity contribution in [3.63, 3.8) is 0 Å². The number of anilines is 1. The Morgan fingerprint density at radius 2 is 2.38 bits per heavy atom. The summed E-state index contributed by atoms with van der Waals surface area (Å²) in [6, 6.07) is 0. The zero-order valence-corrected chi connectivity index (χ0v) is 8.86. The Morgan fingerprint density at radius 3 is 3.08 bits per heavy atom. The fourth-order valence-corrected chi connectivity index (χ4v) is 1.55. The lowest BCUT2D eigenvalue weighted by atomic mass is 10.3. The summed E-state index contributed by atoms with van der Waals surface area (Å²) in [5.74, 6) is 0.937. The van der Waals surface area contributed by atoms with E-state index in [1.165, 1.54) is 11.5 Å². The smallest absolute Gasteiger partial charge is 0.202 e. The number of ether oxygens (including phenoxy) is 1. The zero-order chi connectivity index (χ0) is 9.52. The molecular formula is C8H15N3OS. The normalized spacial score (nSPS) is 10.3. The van der Waals surface area contributed by atoms with E-state index >= 15 is 0 Å². The van der Waals surface area contributed by atoms with Crippen molar-refractivity contribution in [2.45, 2.75) is 19.8 Å². The molecule has 0 amide bonds. The molecule has 0 radical (unpaired) electrons. The molecule has 0 bridgehead atoms. The highest BCUT2D eigenvalue weighted by Crippen LogP contribution is 2.11. The summed E-state index contributed by atoms with van der Waals surface area (Å²) >= 11 is 1.41. The summed E-state index contributed by atoms with van der Waals surface area (Å²) in [6.07, 6.45) is 2.05. The highest BCUT2D eigenvalue weighted by atomic mass is 32.1. The van der Waals surface area contributed by atoms with E-state index in [-0.39, 0.29) is 0 Å². The van der Waals surface area contributed by atoms with Crippen molar-refractivity contribution in [1.82, 2.24) is 9.36 Å². The van der Waals surface area contributed by atoms with Crippen LogP contribution in [-0.4, -0.2) is 29.6 Å². The molecule has 0 spiro atoms. The van der Waals surface area contributed by atoms with Gasteiger partial charge in [-0.2, -0.15) is 4.37 Å². The molecule has 0 unspecified atom stereocenters. The summed E-state index contributed by atoms with van der Waals surface area (Å²) in [7, 11) is 1.68. The van der Waals surface area contributed by atoms with Crippen molar-refractivity contribution in [3.05, 3.63) is 5.82 Å². The van der Waals surface area contributed by atoms with Crippen LogP contribution < -0.4 is 5.32 Å². The molecule has 13 heavy (non-hydrogen) atoms. The Bertz CT molecular complexity index is 239. The summed E-state index contributed by atoms with van der Waals surface area (Å²) in [4.78, 5) is 4.31. The summed E-state index contributed by atoms with van der Waals surface area (Å²) in [6.45, 7) is 3.61. The van der Waals surface area contributed by atoms with E-state index in [0.717, 1.165) is 30.3 Å². The maximum Gasteiger partial charge on any atom is 0.202 e.